The summed E-state index contributed by atoms with van der Waals surface area (Å²) in [5.74, 6) is 1.49. The molecule has 2 aliphatic carbocycles. The van der Waals surface area contributed by atoms with Crippen molar-refractivity contribution >= 4 is 10.1 Å². The molecule has 3 rings (SSSR count). The van der Waals surface area contributed by atoms with Crippen molar-refractivity contribution in [1.82, 2.24) is 0 Å². The highest BCUT2D eigenvalue weighted by Gasteiger charge is 2.49. The number of hydrogen-bond donors (Lipinski definition) is 1. The van der Waals surface area contributed by atoms with Gasteiger partial charge in [0.05, 0.1) is 4.90 Å². The Hall–Kier alpha value is -0.870. The summed E-state index contributed by atoms with van der Waals surface area (Å²) in [5, 5.41) is 0. The van der Waals surface area contributed by atoms with E-state index in [1.807, 2.05) is 0 Å². The van der Waals surface area contributed by atoms with E-state index in [0.717, 1.165) is 11.1 Å². The van der Waals surface area contributed by atoms with Gasteiger partial charge in [-0.1, -0.05) is 13.8 Å². The third-order valence-electron chi connectivity index (χ3n) is 3.91. The summed E-state index contributed by atoms with van der Waals surface area (Å²) in [7, 11) is -4.05. The van der Waals surface area contributed by atoms with Crippen LogP contribution in [-0.4, -0.2) is 13.0 Å². The van der Waals surface area contributed by atoms with E-state index in [9.17, 15) is 8.42 Å². The van der Waals surface area contributed by atoms with Gasteiger partial charge in [0.15, 0.2) is 0 Å². The molecule has 80 valence electrons. The topological polar surface area (TPSA) is 54.4 Å². The van der Waals surface area contributed by atoms with Crippen LogP contribution >= 0.6 is 0 Å². The van der Waals surface area contributed by atoms with Crippen LogP contribution in [-0.2, 0) is 10.1 Å². The van der Waals surface area contributed by atoms with Gasteiger partial charge < -0.3 is 0 Å². The quantitative estimate of drug-likeness (QED) is 0.744. The molecule has 3 nitrogen and oxygen atoms in total. The first-order chi connectivity index (χ1) is 6.91. The van der Waals surface area contributed by atoms with Gasteiger partial charge in [0.25, 0.3) is 10.1 Å². The lowest BCUT2D eigenvalue weighted by Gasteiger charge is -2.52. The summed E-state index contributed by atoms with van der Waals surface area (Å²) in [6.07, 6.45) is 0. The molecule has 0 aromatic heterocycles. The molecule has 0 radical (unpaired) electrons. The van der Waals surface area contributed by atoms with E-state index in [-0.39, 0.29) is 4.90 Å². The van der Waals surface area contributed by atoms with E-state index in [4.69, 9.17) is 4.55 Å². The molecule has 0 aliphatic heterocycles. The average Bonchev–Trinajstić information content (AvgIpc) is 2.12. The maximum atomic E-state index is 11.1. The molecule has 15 heavy (non-hydrogen) atoms. The highest BCUT2D eigenvalue weighted by Crippen LogP contribution is 2.64. The van der Waals surface area contributed by atoms with Crippen LogP contribution in [0.25, 0.3) is 0 Å². The molecule has 2 atom stereocenters. The van der Waals surface area contributed by atoms with E-state index in [1.54, 1.807) is 12.1 Å². The first-order valence-corrected chi connectivity index (χ1v) is 6.50. The van der Waals surface area contributed by atoms with Gasteiger partial charge in [0.2, 0.25) is 0 Å². The Morgan fingerprint density at radius 1 is 1.13 bits per heavy atom. The van der Waals surface area contributed by atoms with Crippen LogP contribution < -0.4 is 0 Å². The second-order valence-corrected chi connectivity index (χ2v) is 6.02. The maximum absolute atomic E-state index is 11.1. The fourth-order valence-corrected chi connectivity index (χ4v) is 3.64. The summed E-state index contributed by atoms with van der Waals surface area (Å²) in [6, 6.07) is 3.22. The minimum atomic E-state index is -4.05. The third kappa shape index (κ3) is 0.961. The predicted octanol–water partition coefficient (Wildman–Crippen LogP) is 2.25. The van der Waals surface area contributed by atoms with E-state index >= 15 is 0 Å². The molecule has 0 saturated heterocycles. The van der Waals surface area contributed by atoms with Crippen molar-refractivity contribution < 1.29 is 13.0 Å². The van der Waals surface area contributed by atoms with Crippen molar-refractivity contribution in [1.29, 1.82) is 0 Å². The second-order valence-electron chi connectivity index (χ2n) is 4.59. The molecule has 0 bridgehead atoms. The lowest BCUT2D eigenvalue weighted by molar-refractivity contribution is 0.370. The normalized spacial score (nSPS) is 31.5. The van der Waals surface area contributed by atoms with Crippen LogP contribution in [0.15, 0.2) is 17.0 Å². The Labute approximate surface area is 88.9 Å². The summed E-state index contributed by atoms with van der Waals surface area (Å²) < 4.78 is 31.1. The van der Waals surface area contributed by atoms with Gasteiger partial charge in [-0.15, -0.1) is 0 Å². The highest BCUT2D eigenvalue weighted by atomic mass is 32.2. The molecule has 0 fully saturated rings. The van der Waals surface area contributed by atoms with E-state index in [1.165, 1.54) is 5.56 Å². The molecule has 0 saturated carbocycles. The van der Waals surface area contributed by atoms with Gasteiger partial charge in [-0.25, -0.2) is 0 Å². The zero-order valence-electron chi connectivity index (χ0n) is 8.56. The SMILES string of the molecule is CC1c2cc(S(=O)(=O)O)cc3c2C1C3C. The lowest BCUT2D eigenvalue weighted by Crippen LogP contribution is -2.37. The van der Waals surface area contributed by atoms with Crippen molar-refractivity contribution in [2.75, 3.05) is 0 Å². The predicted molar refractivity (Wildman–Crippen MR) is 55.8 cm³/mol. The smallest absolute Gasteiger partial charge is 0.282 e. The minimum absolute atomic E-state index is 0.0492. The van der Waals surface area contributed by atoms with Crippen molar-refractivity contribution in [2.45, 2.75) is 36.5 Å². The van der Waals surface area contributed by atoms with Crippen LogP contribution in [0.3, 0.4) is 0 Å². The van der Waals surface area contributed by atoms with Gasteiger partial charge in [-0.2, -0.15) is 8.42 Å². The molecular formula is C11H12O3S. The van der Waals surface area contributed by atoms with Gasteiger partial charge in [0, 0.05) is 0 Å². The fourth-order valence-electron chi connectivity index (χ4n) is 3.09. The Morgan fingerprint density at radius 2 is 1.60 bits per heavy atom. The Bertz CT molecular complexity index is 528. The largest absolute Gasteiger partial charge is 0.294 e. The van der Waals surface area contributed by atoms with Crippen LogP contribution in [0.4, 0.5) is 0 Å². The summed E-state index contributed by atoms with van der Waals surface area (Å²) >= 11 is 0. The van der Waals surface area contributed by atoms with E-state index in [2.05, 4.69) is 13.8 Å². The van der Waals surface area contributed by atoms with Gasteiger partial charge in [-0.05, 0) is 46.6 Å². The molecule has 2 unspecified atom stereocenters. The highest BCUT2D eigenvalue weighted by molar-refractivity contribution is 7.85. The second kappa shape index (κ2) is 2.44. The van der Waals surface area contributed by atoms with Crippen LogP contribution in [0, 0.1) is 0 Å². The molecule has 1 N–H and O–H groups in total. The molecule has 0 amide bonds. The van der Waals surface area contributed by atoms with Crippen LogP contribution in [0.5, 0.6) is 0 Å². The average molecular weight is 224 g/mol. The van der Waals surface area contributed by atoms with Crippen molar-refractivity contribution in [3.63, 3.8) is 0 Å². The summed E-state index contributed by atoms with van der Waals surface area (Å²) in [4.78, 5) is 0.0492. The van der Waals surface area contributed by atoms with Crippen molar-refractivity contribution in [3.8, 4) is 0 Å². The molecule has 1 aromatic carbocycles. The minimum Gasteiger partial charge on any atom is -0.282 e. The third-order valence-corrected chi connectivity index (χ3v) is 4.74. The zero-order chi connectivity index (χ0) is 11.0. The van der Waals surface area contributed by atoms with Gasteiger partial charge >= 0.3 is 0 Å². The molecule has 4 heteroatoms. The summed E-state index contributed by atoms with van der Waals surface area (Å²) in [6.45, 7) is 4.22. The first-order valence-electron chi connectivity index (χ1n) is 5.06. The van der Waals surface area contributed by atoms with Crippen molar-refractivity contribution in [3.05, 3.63) is 28.8 Å². The number of rotatable bonds is 1. The standard InChI is InChI=1S/C11H12O3S/c1-5-8-3-7(15(12,13)14)4-9-6(2)10(5)11(8)9/h3-6,10H,1-2H3,(H,12,13,14). The zero-order valence-corrected chi connectivity index (χ0v) is 9.38. The van der Waals surface area contributed by atoms with Crippen LogP contribution in [0.2, 0.25) is 0 Å². The van der Waals surface area contributed by atoms with Crippen molar-refractivity contribution in [2.24, 2.45) is 0 Å². The maximum Gasteiger partial charge on any atom is 0.294 e. The molecular weight excluding hydrogens is 212 g/mol. The molecule has 0 spiro atoms. The number of hydrogen-bond acceptors (Lipinski definition) is 2. The van der Waals surface area contributed by atoms with Gasteiger partial charge in [0.1, 0.15) is 0 Å². The van der Waals surface area contributed by atoms with E-state index in [0.29, 0.717) is 17.8 Å². The lowest BCUT2D eigenvalue weighted by atomic mass is 9.52. The monoisotopic (exact) mass is 224 g/mol. The van der Waals surface area contributed by atoms with E-state index < -0.39 is 10.1 Å². The Kier molecular flexibility index (Phi) is 1.52. The first kappa shape index (κ1) is 9.36. The van der Waals surface area contributed by atoms with Crippen LogP contribution in [0.1, 0.15) is 48.3 Å². The molecule has 2 aliphatic rings. The van der Waals surface area contributed by atoms with Gasteiger partial charge in [-0.3, -0.25) is 4.55 Å². The fraction of sp³-hybridized carbons (Fsp3) is 0.455. The molecule has 0 heterocycles. The molecule has 1 aromatic rings. The summed E-state index contributed by atoms with van der Waals surface area (Å²) in [5.41, 5.74) is 3.52. The Balaban J connectivity index is 2.25. The number of benzene rings is 1. The Morgan fingerprint density at radius 3 is 2.00 bits per heavy atom.